The van der Waals surface area contributed by atoms with Gasteiger partial charge in [-0.25, -0.2) is 0 Å². The van der Waals surface area contributed by atoms with Crippen molar-refractivity contribution in [2.24, 2.45) is 35.5 Å². The largest absolute Gasteiger partial charge is 0.314 e. The summed E-state index contributed by atoms with van der Waals surface area (Å²) in [6.07, 6.45) is 10.9. The van der Waals surface area contributed by atoms with Crippen molar-refractivity contribution in [1.82, 2.24) is 15.1 Å². The van der Waals surface area contributed by atoms with Crippen LogP contribution in [0.4, 0.5) is 0 Å². The highest BCUT2D eigenvalue weighted by Crippen LogP contribution is 2.58. The number of nitrogens with zero attached hydrogens (tertiary/aromatic N) is 2. The van der Waals surface area contributed by atoms with Crippen LogP contribution in [-0.2, 0) is 9.59 Å². The fourth-order valence-corrected chi connectivity index (χ4v) is 5.71. The summed E-state index contributed by atoms with van der Waals surface area (Å²) in [5.74, 6) is 1.57. The van der Waals surface area contributed by atoms with Crippen LogP contribution in [-0.4, -0.2) is 60.9 Å². The summed E-state index contributed by atoms with van der Waals surface area (Å²) in [6, 6.07) is 0. The second-order valence-corrected chi connectivity index (χ2v) is 8.26. The zero-order chi connectivity index (χ0) is 17.0. The number of amides is 2. The minimum absolute atomic E-state index is 0.0816. The van der Waals surface area contributed by atoms with Gasteiger partial charge in [-0.3, -0.25) is 14.5 Å². The standard InChI is InChI=1S/C20H27N3O2/c24-19-17-15-5-6-16(14-4-3-13(14)15)18(17)20(25)23(19)10-2-1-9-22-11-7-21-8-12-22/h3-6,13-18,21H,1-2,7-12H2/t13-,14+,15-,16+,17-,18+. The maximum atomic E-state index is 12.9. The molecule has 25 heavy (non-hydrogen) atoms. The fourth-order valence-electron chi connectivity index (χ4n) is 5.71. The lowest BCUT2D eigenvalue weighted by atomic mass is 9.50. The lowest BCUT2D eigenvalue weighted by Gasteiger charge is -2.51. The van der Waals surface area contributed by atoms with E-state index in [1.807, 2.05) is 0 Å². The van der Waals surface area contributed by atoms with Crippen molar-refractivity contribution >= 4 is 11.8 Å². The van der Waals surface area contributed by atoms with Crippen molar-refractivity contribution in [1.29, 1.82) is 0 Å². The number of piperazine rings is 1. The highest BCUT2D eigenvalue weighted by Gasteiger charge is 2.62. The molecule has 6 aliphatic rings. The molecule has 2 amide bonds. The number of carbonyl (C=O) groups is 2. The molecule has 2 bridgehead atoms. The third-order valence-corrected chi connectivity index (χ3v) is 7.08. The molecule has 2 heterocycles. The number of likely N-dealkylation sites (tertiary alicyclic amines) is 1. The van der Waals surface area contributed by atoms with E-state index in [0.29, 0.717) is 18.4 Å². The van der Waals surface area contributed by atoms with Gasteiger partial charge in [0.2, 0.25) is 11.8 Å². The Balaban J connectivity index is 1.20. The highest BCUT2D eigenvalue weighted by molar-refractivity contribution is 6.06. The van der Waals surface area contributed by atoms with E-state index in [1.165, 1.54) is 0 Å². The molecule has 0 radical (unpaired) electrons. The molecule has 0 aromatic rings. The average Bonchev–Trinajstić information content (AvgIpc) is 2.85. The van der Waals surface area contributed by atoms with Gasteiger partial charge in [0.1, 0.15) is 0 Å². The Morgan fingerprint density at radius 3 is 1.88 bits per heavy atom. The van der Waals surface area contributed by atoms with E-state index in [-0.39, 0.29) is 35.5 Å². The number of nitrogens with one attached hydrogen (secondary N) is 1. The lowest BCUT2D eigenvalue weighted by Crippen LogP contribution is -2.50. The minimum atomic E-state index is -0.0816. The molecule has 0 spiro atoms. The number of hydrogen-bond acceptors (Lipinski definition) is 4. The molecule has 6 rings (SSSR count). The van der Waals surface area contributed by atoms with Crippen molar-refractivity contribution in [2.75, 3.05) is 39.3 Å². The minimum Gasteiger partial charge on any atom is -0.314 e. The van der Waals surface area contributed by atoms with Gasteiger partial charge in [-0.05, 0) is 43.1 Å². The highest BCUT2D eigenvalue weighted by atomic mass is 16.2. The number of imide groups is 1. The predicted octanol–water partition coefficient (Wildman–Crippen LogP) is 0.891. The molecule has 4 aliphatic carbocycles. The van der Waals surface area contributed by atoms with Gasteiger partial charge in [0.15, 0.2) is 0 Å². The topological polar surface area (TPSA) is 52.7 Å². The van der Waals surface area contributed by atoms with Crippen LogP contribution in [0.5, 0.6) is 0 Å². The molecule has 6 atom stereocenters. The molecule has 0 unspecified atom stereocenters. The smallest absolute Gasteiger partial charge is 0.233 e. The van der Waals surface area contributed by atoms with Crippen molar-refractivity contribution in [3.63, 3.8) is 0 Å². The Bertz CT molecular complexity index is 597. The van der Waals surface area contributed by atoms with Crippen LogP contribution in [0.2, 0.25) is 0 Å². The molecular weight excluding hydrogens is 314 g/mol. The summed E-state index contributed by atoms with van der Waals surface area (Å²) >= 11 is 0. The molecule has 2 aliphatic heterocycles. The second kappa shape index (κ2) is 6.06. The predicted molar refractivity (Wildman–Crippen MR) is 94.5 cm³/mol. The molecule has 0 aromatic carbocycles. The molecule has 1 N–H and O–H groups in total. The van der Waals surface area contributed by atoms with Gasteiger partial charge in [0.25, 0.3) is 0 Å². The van der Waals surface area contributed by atoms with Crippen LogP contribution in [0.1, 0.15) is 12.8 Å². The third kappa shape index (κ3) is 2.36. The van der Waals surface area contributed by atoms with Crippen LogP contribution in [0.3, 0.4) is 0 Å². The maximum absolute atomic E-state index is 12.9. The van der Waals surface area contributed by atoms with E-state index in [2.05, 4.69) is 34.5 Å². The molecule has 3 fully saturated rings. The van der Waals surface area contributed by atoms with Gasteiger partial charge >= 0.3 is 0 Å². The first-order valence-electron chi connectivity index (χ1n) is 9.90. The summed E-state index contributed by atoms with van der Waals surface area (Å²) in [5.41, 5.74) is 0. The van der Waals surface area contributed by atoms with Gasteiger partial charge in [-0.2, -0.15) is 0 Å². The molecular formula is C20H27N3O2. The normalized spacial score (nSPS) is 41.8. The third-order valence-electron chi connectivity index (χ3n) is 7.08. The summed E-state index contributed by atoms with van der Waals surface area (Å²) in [6.45, 7) is 6.04. The first kappa shape index (κ1) is 15.8. The number of carbonyl (C=O) groups excluding carboxylic acids is 2. The summed E-state index contributed by atoms with van der Waals surface area (Å²) < 4.78 is 0. The Labute approximate surface area is 149 Å². The van der Waals surface area contributed by atoms with E-state index < -0.39 is 0 Å². The molecule has 134 valence electrons. The molecule has 1 saturated carbocycles. The zero-order valence-corrected chi connectivity index (χ0v) is 14.6. The van der Waals surface area contributed by atoms with Crippen molar-refractivity contribution in [3.8, 4) is 0 Å². The van der Waals surface area contributed by atoms with Crippen molar-refractivity contribution in [3.05, 3.63) is 24.3 Å². The van der Waals surface area contributed by atoms with E-state index in [4.69, 9.17) is 0 Å². The van der Waals surface area contributed by atoms with Crippen molar-refractivity contribution in [2.45, 2.75) is 12.8 Å². The van der Waals surface area contributed by atoms with Gasteiger partial charge in [0.05, 0.1) is 11.8 Å². The number of allylic oxidation sites excluding steroid dienone is 4. The van der Waals surface area contributed by atoms with Gasteiger partial charge < -0.3 is 10.2 Å². The van der Waals surface area contributed by atoms with Gasteiger partial charge in [-0.1, -0.05) is 24.3 Å². The lowest BCUT2D eigenvalue weighted by molar-refractivity contribution is -0.140. The fraction of sp³-hybridized carbons (Fsp3) is 0.700. The quantitative estimate of drug-likeness (QED) is 0.458. The summed E-state index contributed by atoms with van der Waals surface area (Å²) in [5, 5.41) is 3.37. The van der Waals surface area contributed by atoms with E-state index >= 15 is 0 Å². The van der Waals surface area contributed by atoms with Crippen LogP contribution < -0.4 is 5.32 Å². The first-order valence-corrected chi connectivity index (χ1v) is 9.90. The van der Waals surface area contributed by atoms with E-state index in [9.17, 15) is 9.59 Å². The first-order chi connectivity index (χ1) is 12.3. The molecule has 2 saturated heterocycles. The monoisotopic (exact) mass is 341 g/mol. The van der Waals surface area contributed by atoms with Crippen molar-refractivity contribution < 1.29 is 9.59 Å². The van der Waals surface area contributed by atoms with Crippen LogP contribution in [0.25, 0.3) is 0 Å². The Morgan fingerprint density at radius 1 is 0.800 bits per heavy atom. The van der Waals surface area contributed by atoms with Crippen LogP contribution >= 0.6 is 0 Å². The SMILES string of the molecule is O=C1[C@@H]2[C@@H]3C=C[C@@H]([C@H]4C=C[C@H]43)[C@@H]2C(=O)N1CCCCN1CCNCC1. The zero-order valence-electron chi connectivity index (χ0n) is 14.6. The average molecular weight is 341 g/mol. The van der Waals surface area contributed by atoms with Gasteiger partial charge in [-0.15, -0.1) is 0 Å². The Kier molecular flexibility index (Phi) is 3.82. The van der Waals surface area contributed by atoms with Crippen LogP contribution in [0, 0.1) is 35.5 Å². The summed E-state index contributed by atoms with van der Waals surface area (Å²) in [7, 11) is 0. The number of rotatable bonds is 5. The van der Waals surface area contributed by atoms with E-state index in [0.717, 1.165) is 45.6 Å². The van der Waals surface area contributed by atoms with Crippen LogP contribution in [0.15, 0.2) is 24.3 Å². The van der Waals surface area contributed by atoms with Gasteiger partial charge in [0, 0.05) is 32.7 Å². The van der Waals surface area contributed by atoms with E-state index in [1.54, 1.807) is 4.90 Å². The Morgan fingerprint density at radius 2 is 1.32 bits per heavy atom. The summed E-state index contributed by atoms with van der Waals surface area (Å²) in [4.78, 5) is 30.0. The molecule has 5 nitrogen and oxygen atoms in total. The molecule has 0 aromatic heterocycles. The second-order valence-electron chi connectivity index (χ2n) is 8.26. The maximum Gasteiger partial charge on any atom is 0.233 e. The molecule has 5 heteroatoms. The number of unbranched alkanes of at least 4 members (excludes halogenated alkanes) is 1. The Hall–Kier alpha value is -1.46. The number of hydrogen-bond donors (Lipinski definition) is 1.